The molecule has 0 aliphatic heterocycles. The molecule has 1 heterocycles. The maximum absolute atomic E-state index is 12.0. The van der Waals surface area contributed by atoms with Crippen LogP contribution in [-0.2, 0) is 4.79 Å². The molecule has 0 aliphatic rings. The fourth-order valence-electron chi connectivity index (χ4n) is 2.07. The van der Waals surface area contributed by atoms with Gasteiger partial charge in [0.05, 0.1) is 5.69 Å². The van der Waals surface area contributed by atoms with Gasteiger partial charge in [-0.2, -0.15) is 0 Å². The van der Waals surface area contributed by atoms with Crippen LogP contribution >= 0.6 is 11.3 Å². The minimum Gasteiger partial charge on any atom is -0.298 e. The molecule has 114 valence electrons. The maximum Gasteiger partial charge on any atom is 0.250 e. The lowest BCUT2D eigenvalue weighted by Crippen LogP contribution is -2.07. The van der Waals surface area contributed by atoms with Gasteiger partial charge in [-0.25, -0.2) is 4.98 Å². The van der Waals surface area contributed by atoms with Crippen LogP contribution in [0.25, 0.3) is 17.3 Å². The Balaban J connectivity index is 1.64. The highest BCUT2D eigenvalue weighted by Crippen LogP contribution is 2.24. The summed E-state index contributed by atoms with van der Waals surface area (Å²) in [7, 11) is 0. The van der Waals surface area contributed by atoms with E-state index in [2.05, 4.69) is 10.3 Å². The number of benzene rings is 2. The monoisotopic (exact) mass is 320 g/mol. The van der Waals surface area contributed by atoms with Gasteiger partial charge in [0.1, 0.15) is 0 Å². The van der Waals surface area contributed by atoms with Crippen molar-refractivity contribution in [3.05, 3.63) is 77.2 Å². The second-order valence-electron chi connectivity index (χ2n) is 5.14. The van der Waals surface area contributed by atoms with Crippen molar-refractivity contribution in [2.45, 2.75) is 6.92 Å². The third-order valence-electron chi connectivity index (χ3n) is 3.31. The standard InChI is InChI=1S/C19H16N2OS/c1-14-7-9-15(10-8-14)11-12-18(22)21-19-20-17(13-23-19)16-5-3-2-4-6-16/h2-13H,1H3,(H,20,21,22). The number of amides is 1. The quantitative estimate of drug-likeness (QED) is 0.704. The fourth-order valence-corrected chi connectivity index (χ4v) is 2.79. The molecule has 0 fully saturated rings. The number of hydrogen-bond acceptors (Lipinski definition) is 3. The Bertz CT molecular complexity index is 820. The van der Waals surface area contributed by atoms with Crippen LogP contribution in [0, 0.1) is 6.92 Å². The molecule has 0 radical (unpaired) electrons. The first kappa shape index (κ1) is 15.2. The molecule has 0 spiro atoms. The third-order valence-corrected chi connectivity index (χ3v) is 4.07. The predicted molar refractivity (Wildman–Crippen MR) is 96.4 cm³/mol. The van der Waals surface area contributed by atoms with Crippen molar-refractivity contribution in [3.63, 3.8) is 0 Å². The number of thiazole rings is 1. The van der Waals surface area contributed by atoms with Gasteiger partial charge in [-0.15, -0.1) is 11.3 Å². The maximum atomic E-state index is 12.0. The summed E-state index contributed by atoms with van der Waals surface area (Å²) >= 11 is 1.42. The summed E-state index contributed by atoms with van der Waals surface area (Å²) in [5, 5.41) is 5.33. The summed E-state index contributed by atoms with van der Waals surface area (Å²) in [5.74, 6) is -0.181. The molecule has 4 heteroatoms. The van der Waals surface area contributed by atoms with Crippen molar-refractivity contribution < 1.29 is 4.79 Å². The Kier molecular flexibility index (Phi) is 4.64. The first-order chi connectivity index (χ1) is 11.2. The van der Waals surface area contributed by atoms with Crippen LogP contribution in [0.15, 0.2) is 66.1 Å². The topological polar surface area (TPSA) is 42.0 Å². The van der Waals surface area contributed by atoms with Crippen LogP contribution in [0.5, 0.6) is 0 Å². The largest absolute Gasteiger partial charge is 0.298 e. The highest BCUT2D eigenvalue weighted by Gasteiger charge is 2.05. The molecule has 0 aliphatic carbocycles. The van der Waals surface area contributed by atoms with Crippen LogP contribution in [0.3, 0.4) is 0 Å². The van der Waals surface area contributed by atoms with E-state index in [0.717, 1.165) is 16.8 Å². The van der Waals surface area contributed by atoms with Gasteiger partial charge in [-0.05, 0) is 18.6 Å². The molecule has 3 rings (SSSR count). The summed E-state index contributed by atoms with van der Waals surface area (Å²) in [6.07, 6.45) is 3.31. The fraction of sp³-hybridized carbons (Fsp3) is 0.0526. The number of anilines is 1. The summed E-state index contributed by atoms with van der Waals surface area (Å²) in [4.78, 5) is 16.4. The number of nitrogens with one attached hydrogen (secondary N) is 1. The molecule has 0 saturated heterocycles. The molecule has 3 nitrogen and oxygen atoms in total. The molecule has 2 aromatic carbocycles. The van der Waals surface area contributed by atoms with E-state index in [0.29, 0.717) is 5.13 Å². The van der Waals surface area contributed by atoms with Gasteiger partial charge in [-0.3, -0.25) is 10.1 Å². The van der Waals surface area contributed by atoms with Crippen LogP contribution < -0.4 is 5.32 Å². The normalized spacial score (nSPS) is 10.8. The Morgan fingerprint density at radius 3 is 2.57 bits per heavy atom. The second kappa shape index (κ2) is 7.03. The van der Waals surface area contributed by atoms with Crippen molar-refractivity contribution in [2.75, 3.05) is 5.32 Å². The molecule has 1 N–H and O–H groups in total. The summed E-state index contributed by atoms with van der Waals surface area (Å²) in [6.45, 7) is 2.03. The smallest absolute Gasteiger partial charge is 0.250 e. The van der Waals surface area contributed by atoms with Crippen LogP contribution in [0.2, 0.25) is 0 Å². The summed E-state index contributed by atoms with van der Waals surface area (Å²) < 4.78 is 0. The lowest BCUT2D eigenvalue weighted by molar-refractivity contribution is -0.111. The molecule has 0 atom stereocenters. The molecule has 1 amide bonds. The van der Waals surface area contributed by atoms with Gasteiger partial charge < -0.3 is 0 Å². The first-order valence-electron chi connectivity index (χ1n) is 7.27. The second-order valence-corrected chi connectivity index (χ2v) is 6.00. The van der Waals surface area contributed by atoms with E-state index in [-0.39, 0.29) is 5.91 Å². The molecular weight excluding hydrogens is 304 g/mol. The lowest BCUT2D eigenvalue weighted by Gasteiger charge is -1.97. The van der Waals surface area contributed by atoms with E-state index >= 15 is 0 Å². The number of carbonyl (C=O) groups excluding carboxylic acids is 1. The zero-order chi connectivity index (χ0) is 16.1. The van der Waals surface area contributed by atoms with Gasteiger partial charge in [0.25, 0.3) is 0 Å². The van der Waals surface area contributed by atoms with Crippen molar-refractivity contribution in [1.82, 2.24) is 4.98 Å². The molecule has 0 unspecified atom stereocenters. The molecule has 3 aromatic rings. The molecule has 1 aromatic heterocycles. The highest BCUT2D eigenvalue weighted by molar-refractivity contribution is 7.14. The molecule has 0 saturated carbocycles. The van der Waals surface area contributed by atoms with Gasteiger partial charge in [0.2, 0.25) is 5.91 Å². The van der Waals surface area contributed by atoms with Gasteiger partial charge in [0.15, 0.2) is 5.13 Å². The Hall–Kier alpha value is -2.72. The van der Waals surface area contributed by atoms with Crippen molar-refractivity contribution >= 4 is 28.5 Å². The average Bonchev–Trinajstić information content (AvgIpc) is 3.04. The van der Waals surface area contributed by atoms with Gasteiger partial charge >= 0.3 is 0 Å². The van der Waals surface area contributed by atoms with Crippen molar-refractivity contribution in [2.24, 2.45) is 0 Å². The number of hydrogen-bond donors (Lipinski definition) is 1. The van der Waals surface area contributed by atoms with Gasteiger partial charge in [0, 0.05) is 17.0 Å². The van der Waals surface area contributed by atoms with E-state index in [1.54, 1.807) is 6.08 Å². The van der Waals surface area contributed by atoms with Crippen LogP contribution in [-0.4, -0.2) is 10.9 Å². The lowest BCUT2D eigenvalue weighted by atomic mass is 10.1. The third kappa shape index (κ3) is 4.14. The Morgan fingerprint density at radius 2 is 1.83 bits per heavy atom. The Labute approximate surface area is 139 Å². The SMILES string of the molecule is Cc1ccc(C=CC(=O)Nc2nc(-c3ccccc3)cs2)cc1. The van der Waals surface area contributed by atoms with E-state index in [4.69, 9.17) is 0 Å². The molecule has 0 bridgehead atoms. The number of rotatable bonds is 4. The molecular formula is C19H16N2OS. The predicted octanol–water partition coefficient (Wildman–Crippen LogP) is 4.77. The number of aromatic nitrogens is 1. The number of nitrogens with zero attached hydrogens (tertiary/aromatic N) is 1. The first-order valence-corrected chi connectivity index (χ1v) is 8.15. The van der Waals surface area contributed by atoms with E-state index < -0.39 is 0 Å². The zero-order valence-corrected chi connectivity index (χ0v) is 13.5. The summed E-state index contributed by atoms with van der Waals surface area (Å²) in [5.41, 5.74) is 4.10. The Morgan fingerprint density at radius 1 is 1.09 bits per heavy atom. The van der Waals surface area contributed by atoms with Crippen LogP contribution in [0.4, 0.5) is 5.13 Å². The zero-order valence-electron chi connectivity index (χ0n) is 12.7. The van der Waals surface area contributed by atoms with Crippen LogP contribution in [0.1, 0.15) is 11.1 Å². The molecule has 23 heavy (non-hydrogen) atoms. The van der Waals surface area contributed by atoms with E-state index in [1.807, 2.05) is 66.9 Å². The van der Waals surface area contributed by atoms with Gasteiger partial charge in [-0.1, -0.05) is 60.2 Å². The van der Waals surface area contributed by atoms with E-state index in [9.17, 15) is 4.79 Å². The number of aryl methyl sites for hydroxylation is 1. The minimum atomic E-state index is -0.181. The minimum absolute atomic E-state index is 0.181. The van der Waals surface area contributed by atoms with E-state index in [1.165, 1.54) is 23.0 Å². The summed E-state index contributed by atoms with van der Waals surface area (Å²) in [6, 6.07) is 17.9. The highest BCUT2D eigenvalue weighted by atomic mass is 32.1. The average molecular weight is 320 g/mol. The van der Waals surface area contributed by atoms with Crippen molar-refractivity contribution in [1.29, 1.82) is 0 Å². The number of carbonyl (C=O) groups is 1. The van der Waals surface area contributed by atoms with Crippen molar-refractivity contribution in [3.8, 4) is 11.3 Å².